The number of rotatable bonds is 2. The summed E-state index contributed by atoms with van der Waals surface area (Å²) in [6.07, 6.45) is 0. The van der Waals surface area contributed by atoms with Crippen LogP contribution in [0.3, 0.4) is 0 Å². The number of benzene rings is 1. The largest absolute Gasteiger partial charge is 0.493 e. The molecule has 2 unspecified atom stereocenters. The molecule has 5 heteroatoms. The van der Waals surface area contributed by atoms with E-state index in [1.807, 2.05) is 18.2 Å². The average molecular weight is 389 g/mol. The quantitative estimate of drug-likeness (QED) is 0.824. The summed E-state index contributed by atoms with van der Waals surface area (Å²) in [4.78, 5) is 1.17. The lowest BCUT2D eigenvalue weighted by Crippen LogP contribution is -2.19. The molecule has 2 aromatic rings. The number of thiophene rings is 1. The van der Waals surface area contributed by atoms with Crippen molar-refractivity contribution >= 4 is 43.2 Å². The van der Waals surface area contributed by atoms with Gasteiger partial charge in [-0.15, -0.1) is 11.3 Å². The van der Waals surface area contributed by atoms with Gasteiger partial charge in [0.05, 0.1) is 10.4 Å². The first-order valence-electron chi connectivity index (χ1n) is 5.59. The molecule has 0 fully saturated rings. The lowest BCUT2D eigenvalue weighted by molar-refractivity contribution is 0.316. The van der Waals surface area contributed by atoms with Crippen molar-refractivity contribution in [2.75, 3.05) is 6.61 Å². The zero-order valence-electron chi connectivity index (χ0n) is 9.40. The smallest absolute Gasteiger partial charge is 0.122 e. The number of fused-ring (bicyclic) bond motifs is 1. The molecule has 2 heterocycles. The summed E-state index contributed by atoms with van der Waals surface area (Å²) in [6.45, 7) is 0.660. The van der Waals surface area contributed by atoms with Crippen LogP contribution in [0, 0.1) is 0 Å². The number of hydrogen-bond acceptors (Lipinski definition) is 3. The van der Waals surface area contributed by atoms with Gasteiger partial charge in [0.2, 0.25) is 0 Å². The van der Waals surface area contributed by atoms with Crippen LogP contribution in [-0.4, -0.2) is 6.61 Å². The van der Waals surface area contributed by atoms with Crippen LogP contribution in [0.1, 0.15) is 22.4 Å². The maximum Gasteiger partial charge on any atom is 0.122 e. The monoisotopic (exact) mass is 387 g/mol. The zero-order valence-corrected chi connectivity index (χ0v) is 13.4. The number of hydrogen-bond donors (Lipinski definition) is 1. The Morgan fingerprint density at radius 1 is 1.33 bits per heavy atom. The second-order valence-corrected chi connectivity index (χ2v) is 7.51. The van der Waals surface area contributed by atoms with Crippen molar-refractivity contribution in [1.29, 1.82) is 0 Å². The summed E-state index contributed by atoms with van der Waals surface area (Å²) < 4.78 is 7.84. The van der Waals surface area contributed by atoms with Crippen molar-refractivity contribution in [3.05, 3.63) is 49.0 Å². The third kappa shape index (κ3) is 2.13. The molecule has 0 radical (unpaired) electrons. The fraction of sp³-hybridized carbons (Fsp3) is 0.231. The molecule has 2 atom stereocenters. The zero-order chi connectivity index (χ0) is 12.7. The van der Waals surface area contributed by atoms with E-state index in [9.17, 15) is 0 Å². The molecule has 1 aliphatic rings. The minimum Gasteiger partial charge on any atom is -0.493 e. The van der Waals surface area contributed by atoms with Gasteiger partial charge < -0.3 is 10.5 Å². The van der Waals surface area contributed by atoms with Gasteiger partial charge in [-0.1, -0.05) is 18.2 Å². The minimum atomic E-state index is -0.0266. The fourth-order valence-corrected chi connectivity index (χ4v) is 4.37. The van der Waals surface area contributed by atoms with Gasteiger partial charge in [0.15, 0.2) is 0 Å². The van der Waals surface area contributed by atoms with E-state index in [-0.39, 0.29) is 12.0 Å². The first-order valence-corrected chi connectivity index (χ1v) is 7.99. The van der Waals surface area contributed by atoms with E-state index >= 15 is 0 Å². The van der Waals surface area contributed by atoms with Gasteiger partial charge in [-0.25, -0.2) is 0 Å². The molecule has 0 saturated carbocycles. The van der Waals surface area contributed by atoms with Crippen molar-refractivity contribution in [1.82, 2.24) is 0 Å². The molecule has 94 valence electrons. The molecule has 0 amide bonds. The van der Waals surface area contributed by atoms with Crippen LogP contribution in [0.2, 0.25) is 0 Å². The van der Waals surface area contributed by atoms with Gasteiger partial charge in [-0.2, -0.15) is 0 Å². The lowest BCUT2D eigenvalue weighted by Gasteiger charge is -2.16. The SMILES string of the molecule is NC(c1cc(Br)c(Br)s1)C1COc2ccccc21. The molecular weight excluding hydrogens is 378 g/mol. The summed E-state index contributed by atoms with van der Waals surface area (Å²) >= 11 is 8.68. The topological polar surface area (TPSA) is 35.2 Å². The van der Waals surface area contributed by atoms with E-state index < -0.39 is 0 Å². The Morgan fingerprint density at radius 2 is 2.11 bits per heavy atom. The second kappa shape index (κ2) is 4.96. The molecule has 0 saturated heterocycles. The summed E-state index contributed by atoms with van der Waals surface area (Å²) in [7, 11) is 0. The Labute approximate surface area is 126 Å². The molecule has 2 N–H and O–H groups in total. The average Bonchev–Trinajstić information content (AvgIpc) is 2.93. The van der Waals surface area contributed by atoms with E-state index in [1.54, 1.807) is 11.3 Å². The third-order valence-corrected chi connectivity index (χ3v) is 6.52. The first-order chi connectivity index (χ1) is 8.66. The Bertz CT molecular complexity index is 565. The van der Waals surface area contributed by atoms with Crippen LogP contribution in [-0.2, 0) is 0 Å². The maximum atomic E-state index is 6.39. The molecule has 1 aliphatic heterocycles. The molecule has 1 aromatic carbocycles. The molecule has 2 nitrogen and oxygen atoms in total. The van der Waals surface area contributed by atoms with Crippen LogP contribution in [0.25, 0.3) is 0 Å². The standard InChI is InChI=1S/C13H11Br2NOS/c14-9-5-11(18-13(9)15)12(16)8-6-17-10-4-2-1-3-7(8)10/h1-5,8,12H,6,16H2. The molecular formula is C13H11Br2NOS. The highest BCUT2D eigenvalue weighted by Gasteiger charge is 2.31. The van der Waals surface area contributed by atoms with E-state index in [0.29, 0.717) is 6.61 Å². The Balaban J connectivity index is 1.92. The van der Waals surface area contributed by atoms with Crippen molar-refractivity contribution in [3.8, 4) is 5.75 Å². The van der Waals surface area contributed by atoms with E-state index in [1.165, 1.54) is 10.4 Å². The highest BCUT2D eigenvalue weighted by atomic mass is 79.9. The third-order valence-electron chi connectivity index (χ3n) is 3.16. The van der Waals surface area contributed by atoms with Crippen molar-refractivity contribution in [3.63, 3.8) is 0 Å². The summed E-state index contributed by atoms with van der Waals surface area (Å²) in [5.74, 6) is 1.20. The second-order valence-electron chi connectivity index (χ2n) is 4.25. The van der Waals surface area contributed by atoms with E-state index in [0.717, 1.165) is 14.0 Å². The fourth-order valence-electron chi connectivity index (χ4n) is 2.21. The van der Waals surface area contributed by atoms with Gasteiger partial charge in [0.25, 0.3) is 0 Å². The molecule has 1 aromatic heterocycles. The van der Waals surface area contributed by atoms with Crippen molar-refractivity contribution in [2.24, 2.45) is 5.73 Å². The maximum absolute atomic E-state index is 6.39. The number of nitrogens with two attached hydrogens (primary N) is 1. The van der Waals surface area contributed by atoms with Gasteiger partial charge >= 0.3 is 0 Å². The Kier molecular flexibility index (Phi) is 3.49. The van der Waals surface area contributed by atoms with Gasteiger partial charge in [-0.05, 0) is 44.0 Å². The van der Waals surface area contributed by atoms with Gasteiger partial charge in [-0.3, -0.25) is 0 Å². The van der Waals surface area contributed by atoms with Crippen LogP contribution < -0.4 is 10.5 Å². The summed E-state index contributed by atoms with van der Waals surface area (Å²) in [5, 5.41) is 0. The summed E-state index contributed by atoms with van der Waals surface area (Å²) in [6, 6.07) is 10.2. The Hall–Kier alpha value is -0.360. The summed E-state index contributed by atoms with van der Waals surface area (Å²) in [5.41, 5.74) is 7.60. The number of para-hydroxylation sites is 1. The minimum absolute atomic E-state index is 0.0266. The number of halogens is 2. The first kappa shape index (κ1) is 12.7. The molecule has 3 rings (SSSR count). The normalized spacial score (nSPS) is 19.4. The molecule has 0 spiro atoms. The predicted molar refractivity (Wildman–Crippen MR) is 81.3 cm³/mol. The van der Waals surface area contributed by atoms with Crippen LogP contribution in [0.5, 0.6) is 5.75 Å². The van der Waals surface area contributed by atoms with Crippen LogP contribution >= 0.6 is 43.2 Å². The van der Waals surface area contributed by atoms with E-state index in [4.69, 9.17) is 10.5 Å². The number of ether oxygens (including phenoxy) is 1. The molecule has 18 heavy (non-hydrogen) atoms. The molecule has 0 aliphatic carbocycles. The highest BCUT2D eigenvalue weighted by molar-refractivity contribution is 9.13. The van der Waals surface area contributed by atoms with Gasteiger partial charge in [0.1, 0.15) is 5.75 Å². The van der Waals surface area contributed by atoms with Crippen molar-refractivity contribution < 1.29 is 4.74 Å². The van der Waals surface area contributed by atoms with Crippen molar-refractivity contribution in [2.45, 2.75) is 12.0 Å². The Morgan fingerprint density at radius 3 is 2.83 bits per heavy atom. The van der Waals surface area contributed by atoms with Gasteiger partial charge in [0, 0.05) is 26.9 Å². The highest BCUT2D eigenvalue weighted by Crippen LogP contribution is 2.43. The van der Waals surface area contributed by atoms with Crippen LogP contribution in [0.4, 0.5) is 0 Å². The predicted octanol–water partition coefficient (Wildman–Crippen LogP) is 4.45. The van der Waals surface area contributed by atoms with Crippen LogP contribution in [0.15, 0.2) is 38.6 Å². The van der Waals surface area contributed by atoms with E-state index in [2.05, 4.69) is 44.0 Å². The molecule has 0 bridgehead atoms. The lowest BCUT2D eigenvalue weighted by atomic mass is 9.93.